The van der Waals surface area contributed by atoms with Crippen LogP contribution in [0.15, 0.2) is 24.4 Å². The molecule has 2 aromatic rings. The molecule has 0 unspecified atom stereocenters. The number of Topliss-reactive ketones (excluding diaryl/α,β-unsaturated/α-hetero) is 1. The van der Waals surface area contributed by atoms with Gasteiger partial charge in [0.05, 0.1) is 11.7 Å². The lowest BCUT2D eigenvalue weighted by atomic mass is 10.2. The second kappa shape index (κ2) is 3.42. The number of ketones is 1. The summed E-state index contributed by atoms with van der Waals surface area (Å²) in [6.07, 6.45) is 2.07. The quantitative estimate of drug-likeness (QED) is 0.758. The van der Waals surface area contributed by atoms with E-state index in [1.807, 2.05) is 18.2 Å². The second-order valence-electron chi connectivity index (χ2n) is 3.18. The van der Waals surface area contributed by atoms with Crippen LogP contribution in [0.2, 0.25) is 5.28 Å². The fourth-order valence-corrected chi connectivity index (χ4v) is 1.72. The van der Waals surface area contributed by atoms with E-state index in [1.54, 1.807) is 17.5 Å². The van der Waals surface area contributed by atoms with E-state index >= 15 is 0 Å². The molecule has 3 nitrogen and oxygen atoms in total. The molecule has 0 aliphatic carbocycles. The predicted molar refractivity (Wildman–Crippen MR) is 54.6 cm³/mol. The molecule has 2 rings (SSSR count). The standard InChI is InChI=1S/C10H9ClN2O/c1-7(14)5-8-3-2-4-9-6-12-10(11)13(8)9/h2-4,6H,5H2,1H3. The summed E-state index contributed by atoms with van der Waals surface area (Å²) >= 11 is 5.90. The van der Waals surface area contributed by atoms with Crippen molar-refractivity contribution in [1.29, 1.82) is 0 Å². The van der Waals surface area contributed by atoms with E-state index in [1.165, 1.54) is 0 Å². The Morgan fingerprint density at radius 2 is 2.36 bits per heavy atom. The fraction of sp³-hybridized carbons (Fsp3) is 0.200. The van der Waals surface area contributed by atoms with E-state index in [0.29, 0.717) is 11.7 Å². The molecule has 0 amide bonds. The zero-order chi connectivity index (χ0) is 10.1. The largest absolute Gasteiger partial charge is 0.300 e. The number of carbonyl (C=O) groups is 1. The summed E-state index contributed by atoms with van der Waals surface area (Å²) in [7, 11) is 0. The van der Waals surface area contributed by atoms with Crippen molar-refractivity contribution in [2.75, 3.05) is 0 Å². The van der Waals surface area contributed by atoms with Crippen LogP contribution in [0.25, 0.3) is 5.52 Å². The van der Waals surface area contributed by atoms with Crippen LogP contribution < -0.4 is 0 Å². The molecule has 14 heavy (non-hydrogen) atoms. The third-order valence-corrected chi connectivity index (χ3v) is 2.29. The summed E-state index contributed by atoms with van der Waals surface area (Å²) in [5.74, 6) is 0.113. The number of nitrogens with zero attached hydrogens (tertiary/aromatic N) is 2. The highest BCUT2D eigenvalue weighted by Crippen LogP contribution is 2.15. The van der Waals surface area contributed by atoms with Crippen LogP contribution in [0.1, 0.15) is 12.6 Å². The molecule has 0 saturated heterocycles. The minimum Gasteiger partial charge on any atom is -0.300 e. The van der Waals surface area contributed by atoms with Crippen molar-refractivity contribution in [1.82, 2.24) is 9.38 Å². The summed E-state index contributed by atoms with van der Waals surface area (Å²) < 4.78 is 1.78. The number of aromatic nitrogens is 2. The van der Waals surface area contributed by atoms with Crippen molar-refractivity contribution in [3.05, 3.63) is 35.4 Å². The molecule has 2 aromatic heterocycles. The van der Waals surface area contributed by atoms with Gasteiger partial charge in [-0.3, -0.25) is 9.20 Å². The van der Waals surface area contributed by atoms with E-state index in [2.05, 4.69) is 4.98 Å². The molecule has 0 atom stereocenters. The van der Waals surface area contributed by atoms with Crippen LogP contribution in [0, 0.1) is 0 Å². The summed E-state index contributed by atoms with van der Waals surface area (Å²) in [4.78, 5) is 15.0. The van der Waals surface area contributed by atoms with Crippen molar-refractivity contribution in [2.45, 2.75) is 13.3 Å². The molecule has 0 saturated carbocycles. The Morgan fingerprint density at radius 3 is 3.07 bits per heavy atom. The lowest BCUT2D eigenvalue weighted by molar-refractivity contribution is -0.116. The number of rotatable bonds is 2. The first-order valence-corrected chi connectivity index (χ1v) is 4.66. The molecular formula is C10H9ClN2O. The first-order chi connectivity index (χ1) is 6.68. The Bertz CT molecular complexity index is 490. The van der Waals surface area contributed by atoms with Gasteiger partial charge in [-0.15, -0.1) is 0 Å². The highest BCUT2D eigenvalue weighted by Gasteiger charge is 2.06. The van der Waals surface area contributed by atoms with Crippen molar-refractivity contribution in [3.63, 3.8) is 0 Å². The number of hydrogen-bond donors (Lipinski definition) is 0. The third-order valence-electron chi connectivity index (χ3n) is 2.02. The number of imidazole rings is 1. The number of halogens is 1. The van der Waals surface area contributed by atoms with Gasteiger partial charge in [-0.05, 0) is 30.7 Å². The van der Waals surface area contributed by atoms with Gasteiger partial charge in [-0.1, -0.05) is 6.07 Å². The minimum atomic E-state index is 0.113. The van der Waals surface area contributed by atoms with E-state index in [4.69, 9.17) is 11.6 Å². The normalized spacial score (nSPS) is 10.7. The molecule has 0 spiro atoms. The SMILES string of the molecule is CC(=O)Cc1cccc2cnc(Cl)n12. The van der Waals surface area contributed by atoms with Gasteiger partial charge >= 0.3 is 0 Å². The van der Waals surface area contributed by atoms with Gasteiger partial charge in [0.15, 0.2) is 0 Å². The van der Waals surface area contributed by atoms with Gasteiger partial charge < -0.3 is 0 Å². The van der Waals surface area contributed by atoms with Crippen molar-refractivity contribution in [2.24, 2.45) is 0 Å². The van der Waals surface area contributed by atoms with Crippen molar-refractivity contribution >= 4 is 22.9 Å². The molecule has 0 aromatic carbocycles. The average molecular weight is 209 g/mol. The van der Waals surface area contributed by atoms with E-state index in [-0.39, 0.29) is 5.78 Å². The van der Waals surface area contributed by atoms with Gasteiger partial charge in [0.2, 0.25) is 5.28 Å². The lowest BCUT2D eigenvalue weighted by Gasteiger charge is -2.03. The number of hydrogen-bond acceptors (Lipinski definition) is 2. The number of carbonyl (C=O) groups excluding carboxylic acids is 1. The Balaban J connectivity index is 2.63. The first kappa shape index (κ1) is 9.21. The summed E-state index contributed by atoms with van der Waals surface area (Å²) in [5.41, 5.74) is 1.78. The number of pyridine rings is 1. The van der Waals surface area contributed by atoms with Crippen LogP contribution in [-0.4, -0.2) is 15.2 Å². The van der Waals surface area contributed by atoms with E-state index < -0.39 is 0 Å². The zero-order valence-corrected chi connectivity index (χ0v) is 8.45. The van der Waals surface area contributed by atoms with Gasteiger partial charge in [0.25, 0.3) is 0 Å². The Kier molecular flexibility index (Phi) is 2.25. The highest BCUT2D eigenvalue weighted by molar-refractivity contribution is 6.28. The molecule has 0 radical (unpaired) electrons. The molecule has 2 heterocycles. The molecule has 0 N–H and O–H groups in total. The monoisotopic (exact) mass is 208 g/mol. The van der Waals surface area contributed by atoms with Crippen molar-refractivity contribution < 1.29 is 4.79 Å². The minimum absolute atomic E-state index is 0.113. The molecular weight excluding hydrogens is 200 g/mol. The smallest absolute Gasteiger partial charge is 0.207 e. The molecule has 72 valence electrons. The van der Waals surface area contributed by atoms with Gasteiger partial charge in [-0.25, -0.2) is 4.98 Å². The van der Waals surface area contributed by atoms with Gasteiger partial charge in [0, 0.05) is 12.1 Å². The molecule has 0 fully saturated rings. The predicted octanol–water partition coefficient (Wildman–Crippen LogP) is 2.12. The average Bonchev–Trinajstić information content (AvgIpc) is 2.48. The van der Waals surface area contributed by atoms with Gasteiger partial charge in [-0.2, -0.15) is 0 Å². The molecule has 4 heteroatoms. The topological polar surface area (TPSA) is 34.4 Å². The maximum atomic E-state index is 11.0. The van der Waals surface area contributed by atoms with Gasteiger partial charge in [0.1, 0.15) is 5.78 Å². The summed E-state index contributed by atoms with van der Waals surface area (Å²) in [5, 5.41) is 0.400. The highest BCUT2D eigenvalue weighted by atomic mass is 35.5. The van der Waals surface area contributed by atoms with Crippen LogP contribution in [-0.2, 0) is 11.2 Å². The summed E-state index contributed by atoms with van der Waals surface area (Å²) in [6, 6.07) is 5.68. The first-order valence-electron chi connectivity index (χ1n) is 4.29. The van der Waals surface area contributed by atoms with E-state index in [0.717, 1.165) is 11.2 Å². The molecule has 0 aliphatic heterocycles. The van der Waals surface area contributed by atoms with Crippen LogP contribution in [0.4, 0.5) is 0 Å². The lowest BCUT2D eigenvalue weighted by Crippen LogP contribution is -2.02. The maximum absolute atomic E-state index is 11.0. The summed E-state index contributed by atoms with van der Waals surface area (Å²) in [6.45, 7) is 1.56. The van der Waals surface area contributed by atoms with E-state index in [9.17, 15) is 4.79 Å². The Labute approximate surface area is 86.3 Å². The fourth-order valence-electron chi connectivity index (χ4n) is 1.47. The third kappa shape index (κ3) is 1.51. The molecule has 0 aliphatic rings. The van der Waals surface area contributed by atoms with Crippen LogP contribution in [0.3, 0.4) is 0 Å². The number of fused-ring (bicyclic) bond motifs is 1. The second-order valence-corrected chi connectivity index (χ2v) is 3.52. The Hall–Kier alpha value is -1.35. The van der Waals surface area contributed by atoms with Crippen LogP contribution >= 0.6 is 11.6 Å². The Morgan fingerprint density at radius 1 is 1.57 bits per heavy atom. The van der Waals surface area contributed by atoms with Crippen LogP contribution in [0.5, 0.6) is 0 Å². The zero-order valence-electron chi connectivity index (χ0n) is 7.70. The molecule has 0 bridgehead atoms. The van der Waals surface area contributed by atoms with Crippen molar-refractivity contribution in [3.8, 4) is 0 Å². The maximum Gasteiger partial charge on any atom is 0.207 e.